The first-order chi connectivity index (χ1) is 12.0. The summed E-state index contributed by atoms with van der Waals surface area (Å²) in [6, 6.07) is 7.97. The second kappa shape index (κ2) is 6.80. The molecular weight excluding hydrogens is 314 g/mol. The number of hydrogen-bond donors (Lipinski definition) is 0. The summed E-state index contributed by atoms with van der Waals surface area (Å²) in [5.74, 6) is 0.343. The Hall–Kier alpha value is -1.86. The van der Waals surface area contributed by atoms with Crippen LogP contribution in [0, 0.1) is 28.6 Å². The third kappa shape index (κ3) is 2.95. The molecule has 4 heteroatoms. The number of fused-ring (bicyclic) bond motifs is 1. The topological polar surface area (TPSA) is 59.3 Å². The summed E-state index contributed by atoms with van der Waals surface area (Å²) >= 11 is 0. The monoisotopic (exact) mass is 341 g/mol. The first kappa shape index (κ1) is 17.9. The van der Waals surface area contributed by atoms with Crippen LogP contribution in [0.5, 0.6) is 0 Å². The molecule has 0 N–H and O–H groups in total. The van der Waals surface area contributed by atoms with E-state index >= 15 is 0 Å². The van der Waals surface area contributed by atoms with Crippen molar-refractivity contribution in [2.24, 2.45) is 17.3 Å². The van der Waals surface area contributed by atoms with E-state index in [1.54, 1.807) is 7.11 Å². The Balaban J connectivity index is 2.04. The second-order valence-corrected chi connectivity index (χ2v) is 7.81. The molecule has 1 fully saturated rings. The van der Waals surface area contributed by atoms with Gasteiger partial charge in [0.1, 0.15) is 0 Å². The van der Waals surface area contributed by atoms with Crippen molar-refractivity contribution in [3.63, 3.8) is 0 Å². The smallest absolute Gasteiger partial charge is 0.313 e. The van der Waals surface area contributed by atoms with E-state index in [4.69, 9.17) is 9.47 Å². The quantitative estimate of drug-likeness (QED) is 0.784. The Morgan fingerprint density at radius 2 is 2.00 bits per heavy atom. The summed E-state index contributed by atoms with van der Waals surface area (Å²) < 4.78 is 11.2. The molecule has 0 heterocycles. The molecule has 2 aliphatic rings. The maximum Gasteiger partial charge on any atom is 0.313 e. The van der Waals surface area contributed by atoms with E-state index in [0.717, 1.165) is 24.8 Å². The zero-order valence-corrected chi connectivity index (χ0v) is 15.5. The number of rotatable bonds is 3. The van der Waals surface area contributed by atoms with Crippen molar-refractivity contribution in [3.8, 4) is 6.07 Å². The van der Waals surface area contributed by atoms with Gasteiger partial charge in [0.15, 0.2) is 0 Å². The molecule has 0 aromatic heterocycles. The van der Waals surface area contributed by atoms with Crippen LogP contribution in [0.15, 0.2) is 18.2 Å². The maximum atomic E-state index is 12.9. The molecular formula is C21H27NO3. The molecule has 0 aliphatic heterocycles. The molecule has 0 radical (unpaired) electrons. The molecule has 4 nitrogen and oxygen atoms in total. The van der Waals surface area contributed by atoms with Gasteiger partial charge in [-0.25, -0.2) is 0 Å². The van der Waals surface area contributed by atoms with Gasteiger partial charge in [0, 0.05) is 7.11 Å². The highest BCUT2D eigenvalue weighted by molar-refractivity contribution is 5.81. The van der Waals surface area contributed by atoms with Crippen molar-refractivity contribution in [2.75, 3.05) is 13.7 Å². The normalized spacial score (nSPS) is 33.7. The van der Waals surface area contributed by atoms with E-state index in [2.05, 4.69) is 19.9 Å². The lowest BCUT2D eigenvalue weighted by molar-refractivity contribution is -0.151. The molecule has 0 amide bonds. The SMILES string of the molecule is CCOC(=O)[C@@H]1c2cc(C#N)ccc2CC12C[C@@H](C)C(OC)[C@@H](C)C2. The zero-order chi connectivity index (χ0) is 18.2. The molecule has 5 atom stereocenters. The van der Waals surface area contributed by atoms with E-state index in [1.807, 2.05) is 25.1 Å². The summed E-state index contributed by atoms with van der Waals surface area (Å²) in [7, 11) is 1.78. The highest BCUT2D eigenvalue weighted by Crippen LogP contribution is 2.58. The predicted octanol–water partition coefficient (Wildman–Crippen LogP) is 3.83. The summed E-state index contributed by atoms with van der Waals surface area (Å²) in [6.07, 6.45) is 2.99. The molecule has 1 aromatic rings. The number of ether oxygens (including phenoxy) is 2. The number of carbonyl (C=O) groups is 1. The molecule has 0 saturated heterocycles. The van der Waals surface area contributed by atoms with Crippen LogP contribution in [0.4, 0.5) is 0 Å². The summed E-state index contributed by atoms with van der Waals surface area (Å²) in [4.78, 5) is 12.9. The van der Waals surface area contributed by atoms with Gasteiger partial charge in [-0.15, -0.1) is 0 Å². The first-order valence-corrected chi connectivity index (χ1v) is 9.18. The third-order valence-electron chi connectivity index (χ3n) is 6.11. The summed E-state index contributed by atoms with van der Waals surface area (Å²) in [5, 5.41) is 9.27. The van der Waals surface area contributed by atoms with Crippen molar-refractivity contribution in [3.05, 3.63) is 34.9 Å². The van der Waals surface area contributed by atoms with Gasteiger partial charge in [0.25, 0.3) is 0 Å². The Morgan fingerprint density at radius 3 is 2.56 bits per heavy atom. The average Bonchev–Trinajstić information content (AvgIpc) is 2.86. The molecule has 134 valence electrons. The van der Waals surface area contributed by atoms with E-state index in [0.29, 0.717) is 24.0 Å². The van der Waals surface area contributed by atoms with Crippen LogP contribution < -0.4 is 0 Å². The first-order valence-electron chi connectivity index (χ1n) is 9.18. The Morgan fingerprint density at radius 1 is 1.32 bits per heavy atom. The molecule has 25 heavy (non-hydrogen) atoms. The lowest BCUT2D eigenvalue weighted by atomic mass is 9.59. The second-order valence-electron chi connectivity index (χ2n) is 7.81. The largest absolute Gasteiger partial charge is 0.466 e. The van der Waals surface area contributed by atoms with Gasteiger partial charge in [-0.2, -0.15) is 5.26 Å². The number of benzene rings is 1. The number of esters is 1. The van der Waals surface area contributed by atoms with Crippen LogP contribution >= 0.6 is 0 Å². The molecule has 1 aromatic carbocycles. The summed E-state index contributed by atoms with van der Waals surface area (Å²) in [6.45, 7) is 6.67. The molecule has 0 bridgehead atoms. The predicted molar refractivity (Wildman–Crippen MR) is 95.0 cm³/mol. The highest BCUT2D eigenvalue weighted by atomic mass is 16.5. The molecule has 2 unspecified atom stereocenters. The number of nitriles is 1. The number of nitrogens with zero attached hydrogens (tertiary/aromatic N) is 1. The molecule has 3 rings (SSSR count). The van der Waals surface area contributed by atoms with E-state index < -0.39 is 0 Å². The van der Waals surface area contributed by atoms with Crippen LogP contribution in [0.3, 0.4) is 0 Å². The van der Waals surface area contributed by atoms with Crippen molar-refractivity contribution >= 4 is 5.97 Å². The Labute approximate surface area is 150 Å². The van der Waals surface area contributed by atoms with Crippen LogP contribution in [-0.2, 0) is 20.7 Å². The zero-order valence-electron chi connectivity index (χ0n) is 15.5. The molecule has 1 saturated carbocycles. The Kier molecular flexibility index (Phi) is 4.88. The van der Waals surface area contributed by atoms with Gasteiger partial charge in [0.05, 0.1) is 30.3 Å². The van der Waals surface area contributed by atoms with Crippen LogP contribution in [0.2, 0.25) is 0 Å². The fourth-order valence-corrected chi connectivity index (χ4v) is 5.51. The van der Waals surface area contributed by atoms with Crippen LogP contribution in [0.25, 0.3) is 0 Å². The lowest BCUT2D eigenvalue weighted by Crippen LogP contribution is -2.45. The number of hydrogen-bond acceptors (Lipinski definition) is 4. The minimum atomic E-state index is -0.279. The van der Waals surface area contributed by atoms with Gasteiger partial charge >= 0.3 is 5.97 Å². The van der Waals surface area contributed by atoms with Crippen molar-refractivity contribution in [2.45, 2.75) is 52.1 Å². The Bertz CT molecular complexity index is 694. The number of carbonyl (C=O) groups excluding carboxylic acids is 1. The summed E-state index contributed by atoms with van der Waals surface area (Å²) in [5.41, 5.74) is 2.66. The third-order valence-corrected chi connectivity index (χ3v) is 6.11. The van der Waals surface area contributed by atoms with Gasteiger partial charge < -0.3 is 9.47 Å². The van der Waals surface area contributed by atoms with Gasteiger partial charge in [-0.1, -0.05) is 19.9 Å². The molecule has 1 spiro atoms. The van der Waals surface area contributed by atoms with Gasteiger partial charge in [-0.05, 0) is 66.7 Å². The molecule has 2 aliphatic carbocycles. The lowest BCUT2D eigenvalue weighted by Gasteiger charge is -2.47. The van der Waals surface area contributed by atoms with E-state index in [1.165, 1.54) is 5.56 Å². The van der Waals surface area contributed by atoms with E-state index in [9.17, 15) is 10.1 Å². The van der Waals surface area contributed by atoms with Crippen molar-refractivity contribution in [1.29, 1.82) is 5.26 Å². The van der Waals surface area contributed by atoms with Crippen LogP contribution in [-0.4, -0.2) is 25.8 Å². The van der Waals surface area contributed by atoms with E-state index in [-0.39, 0.29) is 23.4 Å². The van der Waals surface area contributed by atoms with Crippen molar-refractivity contribution in [1.82, 2.24) is 0 Å². The van der Waals surface area contributed by atoms with Crippen molar-refractivity contribution < 1.29 is 14.3 Å². The standard InChI is InChI=1S/C21H27NO3/c1-5-25-20(23)18-17-8-15(12-22)6-7-16(17)11-21(18)9-13(2)19(24-4)14(3)10-21/h6-8,13-14,18-19H,5,9-11H2,1-4H3/t13-,14+,18-,19?,21?/m0/s1. The average molecular weight is 341 g/mol. The number of methoxy groups -OCH3 is 1. The maximum absolute atomic E-state index is 12.9. The minimum absolute atomic E-state index is 0.128. The highest BCUT2D eigenvalue weighted by Gasteiger charge is 2.55. The minimum Gasteiger partial charge on any atom is -0.466 e. The van der Waals surface area contributed by atoms with Gasteiger partial charge in [0.2, 0.25) is 0 Å². The fraction of sp³-hybridized carbons (Fsp3) is 0.619. The van der Waals surface area contributed by atoms with Crippen LogP contribution in [0.1, 0.15) is 56.2 Å². The fourth-order valence-electron chi connectivity index (χ4n) is 5.51. The van der Waals surface area contributed by atoms with Gasteiger partial charge in [-0.3, -0.25) is 4.79 Å².